The molecule has 0 bridgehead atoms. The number of fused-ring (bicyclic) bond motifs is 1. The number of phenols is 1. The van der Waals surface area contributed by atoms with Crippen LogP contribution >= 0.6 is 0 Å². The molecule has 2 aromatic carbocycles. The minimum atomic E-state index is -4.86. The fraction of sp³-hybridized carbons (Fsp3) is 0.190. The average molecular weight is 450 g/mol. The first-order valence-electron chi connectivity index (χ1n) is 9.18. The van der Waals surface area contributed by atoms with E-state index in [0.29, 0.717) is 22.2 Å². The summed E-state index contributed by atoms with van der Waals surface area (Å²) in [4.78, 5) is 36.0. The minimum Gasteiger partial charge on any atom is -0.508 e. The summed E-state index contributed by atoms with van der Waals surface area (Å²) < 4.78 is 42.1. The Morgan fingerprint density at radius 2 is 1.75 bits per heavy atom. The van der Waals surface area contributed by atoms with Gasteiger partial charge in [0, 0.05) is 16.6 Å². The second kappa shape index (κ2) is 8.61. The van der Waals surface area contributed by atoms with Crippen molar-refractivity contribution in [2.24, 2.45) is 0 Å². The van der Waals surface area contributed by atoms with Crippen LogP contribution < -0.4 is 10.1 Å². The van der Waals surface area contributed by atoms with E-state index in [-0.39, 0.29) is 17.7 Å². The quantitative estimate of drug-likeness (QED) is 0.532. The first-order valence-corrected chi connectivity index (χ1v) is 9.18. The Bertz CT molecular complexity index is 1200. The van der Waals surface area contributed by atoms with Crippen LogP contribution in [0, 0.1) is 6.92 Å². The van der Waals surface area contributed by atoms with E-state index in [2.05, 4.69) is 10.1 Å². The standard InChI is InChI=1S/C21H17F3N2O6/c1-11-15(9-18(28)25-10-19(29)30)16-8-13(27)4-7-17(16)26(11)20(31)12-2-5-14(6-3-12)32-21(22,23)24/h2-8,27H,9-10H2,1H3,(H,25,28)(H,29,30). The molecule has 32 heavy (non-hydrogen) atoms. The molecular weight excluding hydrogens is 433 g/mol. The average Bonchev–Trinajstić information content (AvgIpc) is 2.96. The van der Waals surface area contributed by atoms with Gasteiger partial charge in [-0.1, -0.05) is 0 Å². The highest BCUT2D eigenvalue weighted by Gasteiger charge is 2.31. The fourth-order valence-electron chi connectivity index (χ4n) is 3.28. The van der Waals surface area contributed by atoms with Crippen LogP contribution in [0.2, 0.25) is 0 Å². The first-order chi connectivity index (χ1) is 15.0. The Morgan fingerprint density at radius 3 is 2.34 bits per heavy atom. The van der Waals surface area contributed by atoms with Crippen LogP contribution in [0.5, 0.6) is 11.5 Å². The summed E-state index contributed by atoms with van der Waals surface area (Å²) in [6.07, 6.45) is -5.12. The zero-order valence-electron chi connectivity index (χ0n) is 16.6. The normalized spacial score (nSPS) is 11.4. The highest BCUT2D eigenvalue weighted by molar-refractivity contribution is 6.05. The number of aromatic hydroxyl groups is 1. The van der Waals surface area contributed by atoms with Crippen molar-refractivity contribution in [3.8, 4) is 11.5 Å². The Kier molecular flexibility index (Phi) is 6.10. The van der Waals surface area contributed by atoms with E-state index in [9.17, 15) is 32.7 Å². The van der Waals surface area contributed by atoms with Crippen LogP contribution in [-0.4, -0.2) is 45.5 Å². The third-order valence-corrected chi connectivity index (χ3v) is 4.63. The number of hydrogen-bond donors (Lipinski definition) is 3. The molecule has 0 aliphatic heterocycles. The summed E-state index contributed by atoms with van der Waals surface area (Å²) in [5.41, 5.74) is 1.18. The zero-order valence-corrected chi connectivity index (χ0v) is 16.6. The van der Waals surface area contributed by atoms with Gasteiger partial charge in [0.05, 0.1) is 11.9 Å². The number of alkyl halides is 3. The number of nitrogens with zero attached hydrogens (tertiary/aromatic N) is 1. The summed E-state index contributed by atoms with van der Waals surface area (Å²) in [7, 11) is 0. The van der Waals surface area contributed by atoms with Crippen molar-refractivity contribution < 1.29 is 42.5 Å². The third kappa shape index (κ3) is 4.99. The number of benzene rings is 2. The van der Waals surface area contributed by atoms with Crippen LogP contribution in [-0.2, 0) is 16.0 Å². The smallest absolute Gasteiger partial charge is 0.508 e. The molecule has 1 amide bonds. The lowest BCUT2D eigenvalue weighted by molar-refractivity contribution is -0.274. The molecule has 3 N–H and O–H groups in total. The van der Waals surface area contributed by atoms with Crippen LogP contribution in [0.4, 0.5) is 13.2 Å². The maximum absolute atomic E-state index is 13.1. The Hall–Kier alpha value is -4.02. The molecule has 0 radical (unpaired) electrons. The van der Waals surface area contributed by atoms with Gasteiger partial charge in [0.2, 0.25) is 5.91 Å². The Balaban J connectivity index is 1.99. The molecule has 1 aromatic heterocycles. The van der Waals surface area contributed by atoms with Crippen molar-refractivity contribution in [2.45, 2.75) is 19.7 Å². The zero-order chi connectivity index (χ0) is 23.6. The maximum atomic E-state index is 13.1. The van der Waals surface area contributed by atoms with Crippen LogP contribution in [0.25, 0.3) is 10.9 Å². The maximum Gasteiger partial charge on any atom is 0.573 e. The number of carboxylic acids is 1. The number of aliphatic carboxylic acids is 1. The van der Waals surface area contributed by atoms with Gasteiger partial charge in [0.25, 0.3) is 5.91 Å². The van der Waals surface area contributed by atoms with E-state index in [1.807, 2.05) is 0 Å². The van der Waals surface area contributed by atoms with E-state index in [1.165, 1.54) is 34.9 Å². The summed E-state index contributed by atoms with van der Waals surface area (Å²) in [5.74, 6) is -2.98. The number of halogens is 3. The highest BCUT2D eigenvalue weighted by Crippen LogP contribution is 2.31. The third-order valence-electron chi connectivity index (χ3n) is 4.63. The summed E-state index contributed by atoms with van der Waals surface area (Å²) >= 11 is 0. The lowest BCUT2D eigenvalue weighted by atomic mass is 10.1. The second-order valence-electron chi connectivity index (χ2n) is 6.83. The molecule has 168 valence electrons. The summed E-state index contributed by atoms with van der Waals surface area (Å²) in [5, 5.41) is 21.2. The Morgan fingerprint density at radius 1 is 1.09 bits per heavy atom. The molecule has 11 heteroatoms. The topological polar surface area (TPSA) is 118 Å². The molecule has 3 rings (SSSR count). The van der Waals surface area contributed by atoms with E-state index >= 15 is 0 Å². The summed E-state index contributed by atoms with van der Waals surface area (Å²) in [6.45, 7) is 0.989. The van der Waals surface area contributed by atoms with Crippen LogP contribution in [0.1, 0.15) is 21.6 Å². The molecular formula is C21H17F3N2O6. The number of rotatable bonds is 6. The molecule has 3 aromatic rings. The molecule has 0 unspecified atom stereocenters. The molecule has 0 saturated heterocycles. The van der Waals surface area contributed by atoms with Gasteiger partial charge in [-0.25, -0.2) is 0 Å². The number of carboxylic acid groups (broad SMARTS) is 1. The van der Waals surface area contributed by atoms with Gasteiger partial charge in [0.1, 0.15) is 18.0 Å². The van der Waals surface area contributed by atoms with E-state index < -0.39 is 36.4 Å². The van der Waals surface area contributed by atoms with Gasteiger partial charge < -0.3 is 20.3 Å². The number of nitrogens with one attached hydrogen (secondary N) is 1. The van der Waals surface area contributed by atoms with Crippen LogP contribution in [0.15, 0.2) is 42.5 Å². The lowest BCUT2D eigenvalue weighted by Crippen LogP contribution is -2.30. The number of carbonyl (C=O) groups is 3. The van der Waals surface area contributed by atoms with Gasteiger partial charge in [0.15, 0.2) is 0 Å². The molecule has 0 spiro atoms. The highest BCUT2D eigenvalue weighted by atomic mass is 19.4. The second-order valence-corrected chi connectivity index (χ2v) is 6.83. The molecule has 0 saturated carbocycles. The number of ether oxygens (including phenoxy) is 1. The van der Waals surface area contributed by atoms with Gasteiger partial charge in [-0.05, 0) is 55.0 Å². The molecule has 0 aliphatic carbocycles. The predicted octanol–water partition coefficient (Wildman–Crippen LogP) is 2.99. The van der Waals surface area contributed by atoms with Crippen molar-refractivity contribution in [2.75, 3.05) is 6.54 Å². The minimum absolute atomic E-state index is 0.0643. The fourth-order valence-corrected chi connectivity index (χ4v) is 3.28. The number of hydrogen-bond acceptors (Lipinski definition) is 5. The van der Waals surface area contributed by atoms with Gasteiger partial charge in [-0.15, -0.1) is 13.2 Å². The number of aromatic nitrogens is 1. The van der Waals surface area contributed by atoms with Crippen molar-refractivity contribution in [3.05, 3.63) is 59.3 Å². The van der Waals surface area contributed by atoms with Gasteiger partial charge in [-0.2, -0.15) is 0 Å². The predicted molar refractivity (Wildman–Crippen MR) is 106 cm³/mol. The van der Waals surface area contributed by atoms with Gasteiger partial charge >= 0.3 is 12.3 Å². The Labute approximate surface area is 178 Å². The van der Waals surface area contributed by atoms with Crippen molar-refractivity contribution in [1.82, 2.24) is 9.88 Å². The lowest BCUT2D eigenvalue weighted by Gasteiger charge is -2.10. The molecule has 0 aliphatic rings. The molecule has 0 fully saturated rings. The largest absolute Gasteiger partial charge is 0.573 e. The van der Waals surface area contributed by atoms with E-state index in [1.54, 1.807) is 6.92 Å². The number of carbonyl (C=O) groups excluding carboxylic acids is 2. The van der Waals surface area contributed by atoms with Crippen molar-refractivity contribution in [3.63, 3.8) is 0 Å². The van der Waals surface area contributed by atoms with Crippen molar-refractivity contribution >= 4 is 28.7 Å². The molecule has 0 atom stereocenters. The van der Waals surface area contributed by atoms with Gasteiger partial charge in [-0.3, -0.25) is 19.0 Å². The number of amides is 1. The first kappa shape index (κ1) is 22.7. The number of phenolic OH excluding ortho intramolecular Hbond substituents is 1. The monoisotopic (exact) mass is 450 g/mol. The van der Waals surface area contributed by atoms with Crippen LogP contribution in [0.3, 0.4) is 0 Å². The van der Waals surface area contributed by atoms with E-state index in [4.69, 9.17) is 5.11 Å². The van der Waals surface area contributed by atoms with Crippen molar-refractivity contribution in [1.29, 1.82) is 0 Å². The SMILES string of the molecule is Cc1c(CC(=O)NCC(=O)O)c2cc(O)ccc2n1C(=O)c1ccc(OC(F)(F)F)cc1. The molecule has 1 heterocycles. The summed E-state index contributed by atoms with van der Waals surface area (Å²) in [6, 6.07) is 8.55. The molecule has 8 nitrogen and oxygen atoms in total. The van der Waals surface area contributed by atoms with E-state index in [0.717, 1.165) is 12.1 Å².